The summed E-state index contributed by atoms with van der Waals surface area (Å²) in [6.07, 6.45) is 2.47. The first kappa shape index (κ1) is 17.4. The molecular formula is C11H25Cl2N3O. The minimum Gasteiger partial charge on any atom is -0.379 e. The maximum atomic E-state index is 5.96. The van der Waals surface area contributed by atoms with Crippen molar-refractivity contribution in [2.45, 2.75) is 18.9 Å². The highest BCUT2D eigenvalue weighted by atomic mass is 35.5. The minimum absolute atomic E-state index is 0. The minimum atomic E-state index is 0. The van der Waals surface area contributed by atoms with E-state index in [0.717, 1.165) is 32.8 Å². The van der Waals surface area contributed by atoms with Crippen molar-refractivity contribution >= 4 is 24.8 Å². The molecule has 104 valence electrons. The van der Waals surface area contributed by atoms with Gasteiger partial charge in [-0.3, -0.25) is 4.90 Å². The molecule has 0 aromatic heterocycles. The Morgan fingerprint density at radius 2 is 1.65 bits per heavy atom. The molecule has 2 aliphatic rings. The standard InChI is InChI=1S/C11H23N3O.2ClH/c12-11-2-1-3-14(10-11)5-4-13-6-8-15-9-7-13;;/h11H,1-10,12H2;2*1H. The smallest absolute Gasteiger partial charge is 0.0594 e. The van der Waals surface area contributed by atoms with Crippen LogP contribution >= 0.6 is 24.8 Å². The lowest BCUT2D eigenvalue weighted by molar-refractivity contribution is 0.0320. The van der Waals surface area contributed by atoms with Gasteiger partial charge in [-0.2, -0.15) is 0 Å². The number of ether oxygens (including phenoxy) is 1. The monoisotopic (exact) mass is 285 g/mol. The number of rotatable bonds is 3. The van der Waals surface area contributed by atoms with E-state index in [-0.39, 0.29) is 24.8 Å². The van der Waals surface area contributed by atoms with Crippen LogP contribution in [-0.4, -0.2) is 68.3 Å². The number of nitrogens with zero attached hydrogens (tertiary/aromatic N) is 2. The predicted octanol–water partition coefficient (Wildman–Crippen LogP) is 0.585. The molecule has 0 spiro atoms. The van der Waals surface area contributed by atoms with Crippen molar-refractivity contribution in [2.24, 2.45) is 5.73 Å². The molecule has 0 bridgehead atoms. The van der Waals surface area contributed by atoms with Gasteiger partial charge in [-0.05, 0) is 19.4 Å². The zero-order chi connectivity index (χ0) is 10.5. The third-order valence-electron chi connectivity index (χ3n) is 3.38. The number of nitrogens with two attached hydrogens (primary N) is 1. The Hall–Kier alpha value is 0.420. The Morgan fingerprint density at radius 3 is 2.29 bits per heavy atom. The summed E-state index contributed by atoms with van der Waals surface area (Å²) in [5.41, 5.74) is 5.96. The molecule has 6 heteroatoms. The number of likely N-dealkylation sites (tertiary alicyclic amines) is 1. The van der Waals surface area contributed by atoms with Crippen LogP contribution in [0.3, 0.4) is 0 Å². The summed E-state index contributed by atoms with van der Waals surface area (Å²) >= 11 is 0. The van der Waals surface area contributed by atoms with E-state index in [1.807, 2.05) is 0 Å². The van der Waals surface area contributed by atoms with Crippen molar-refractivity contribution in [3.8, 4) is 0 Å². The quantitative estimate of drug-likeness (QED) is 0.824. The van der Waals surface area contributed by atoms with Crippen LogP contribution in [0.5, 0.6) is 0 Å². The van der Waals surface area contributed by atoms with Gasteiger partial charge in [0.05, 0.1) is 13.2 Å². The Morgan fingerprint density at radius 1 is 1.00 bits per heavy atom. The Balaban J connectivity index is 0.00000128. The number of piperidine rings is 1. The van der Waals surface area contributed by atoms with Crippen LogP contribution in [0.2, 0.25) is 0 Å². The second kappa shape index (κ2) is 9.36. The molecule has 0 radical (unpaired) electrons. The van der Waals surface area contributed by atoms with Crippen molar-refractivity contribution in [1.82, 2.24) is 9.80 Å². The normalized spacial score (nSPS) is 27.0. The molecule has 4 nitrogen and oxygen atoms in total. The van der Waals surface area contributed by atoms with Crippen LogP contribution in [0.4, 0.5) is 0 Å². The SMILES string of the molecule is Cl.Cl.NC1CCCN(CCN2CCOCC2)C1. The van der Waals surface area contributed by atoms with Crippen molar-refractivity contribution in [2.75, 3.05) is 52.5 Å². The highest BCUT2D eigenvalue weighted by molar-refractivity contribution is 5.85. The summed E-state index contributed by atoms with van der Waals surface area (Å²) in [5.74, 6) is 0. The first-order valence-corrected chi connectivity index (χ1v) is 6.12. The van der Waals surface area contributed by atoms with E-state index in [1.165, 1.54) is 32.5 Å². The van der Waals surface area contributed by atoms with Gasteiger partial charge in [0.15, 0.2) is 0 Å². The van der Waals surface area contributed by atoms with E-state index in [9.17, 15) is 0 Å². The molecule has 0 amide bonds. The molecule has 2 heterocycles. The molecule has 0 aromatic rings. The first-order chi connectivity index (χ1) is 7.34. The number of morpholine rings is 1. The fraction of sp³-hybridized carbons (Fsp3) is 1.00. The van der Waals surface area contributed by atoms with Crippen LogP contribution in [0.15, 0.2) is 0 Å². The van der Waals surface area contributed by atoms with E-state index in [4.69, 9.17) is 10.5 Å². The third-order valence-corrected chi connectivity index (χ3v) is 3.38. The van der Waals surface area contributed by atoms with Crippen LogP contribution in [0.1, 0.15) is 12.8 Å². The molecule has 1 atom stereocenters. The van der Waals surface area contributed by atoms with Gasteiger partial charge in [0.2, 0.25) is 0 Å². The zero-order valence-electron chi connectivity index (χ0n) is 10.3. The van der Waals surface area contributed by atoms with E-state index < -0.39 is 0 Å². The van der Waals surface area contributed by atoms with Gasteiger partial charge in [-0.25, -0.2) is 0 Å². The van der Waals surface area contributed by atoms with E-state index >= 15 is 0 Å². The number of halogens is 2. The molecule has 0 aromatic carbocycles. The molecule has 2 aliphatic heterocycles. The lowest BCUT2D eigenvalue weighted by Crippen LogP contribution is -2.47. The zero-order valence-corrected chi connectivity index (χ0v) is 12.0. The van der Waals surface area contributed by atoms with Crippen molar-refractivity contribution in [3.63, 3.8) is 0 Å². The second-order valence-electron chi connectivity index (χ2n) is 4.66. The molecule has 17 heavy (non-hydrogen) atoms. The maximum absolute atomic E-state index is 5.96. The Kier molecular flexibility index (Phi) is 9.59. The maximum Gasteiger partial charge on any atom is 0.0594 e. The highest BCUT2D eigenvalue weighted by Crippen LogP contribution is 2.08. The van der Waals surface area contributed by atoms with Crippen molar-refractivity contribution in [1.29, 1.82) is 0 Å². The van der Waals surface area contributed by atoms with Gasteiger partial charge < -0.3 is 15.4 Å². The number of hydrogen-bond donors (Lipinski definition) is 1. The largest absolute Gasteiger partial charge is 0.379 e. The molecule has 0 aliphatic carbocycles. The molecule has 2 saturated heterocycles. The Labute approximate surface area is 117 Å². The van der Waals surface area contributed by atoms with Crippen molar-refractivity contribution in [3.05, 3.63) is 0 Å². The highest BCUT2D eigenvalue weighted by Gasteiger charge is 2.17. The average Bonchev–Trinajstić information content (AvgIpc) is 2.28. The van der Waals surface area contributed by atoms with E-state index in [2.05, 4.69) is 9.80 Å². The lowest BCUT2D eigenvalue weighted by Gasteiger charge is -2.33. The van der Waals surface area contributed by atoms with Crippen LogP contribution in [-0.2, 0) is 4.74 Å². The second-order valence-corrected chi connectivity index (χ2v) is 4.66. The molecule has 0 saturated carbocycles. The third kappa shape index (κ3) is 6.22. The molecule has 2 fully saturated rings. The molecule has 1 unspecified atom stereocenters. The van der Waals surface area contributed by atoms with Gasteiger partial charge in [0, 0.05) is 38.8 Å². The van der Waals surface area contributed by atoms with Gasteiger partial charge >= 0.3 is 0 Å². The first-order valence-electron chi connectivity index (χ1n) is 6.12. The van der Waals surface area contributed by atoms with E-state index in [0.29, 0.717) is 6.04 Å². The van der Waals surface area contributed by atoms with E-state index in [1.54, 1.807) is 0 Å². The average molecular weight is 286 g/mol. The summed E-state index contributed by atoms with van der Waals surface area (Å²) in [6.45, 7) is 8.67. The van der Waals surface area contributed by atoms with Gasteiger partial charge in [-0.1, -0.05) is 0 Å². The number of hydrogen-bond acceptors (Lipinski definition) is 4. The fourth-order valence-corrected chi connectivity index (χ4v) is 2.40. The molecule has 2 N–H and O–H groups in total. The van der Waals surface area contributed by atoms with Gasteiger partial charge in [-0.15, -0.1) is 24.8 Å². The van der Waals surface area contributed by atoms with Crippen LogP contribution < -0.4 is 5.73 Å². The molecular weight excluding hydrogens is 261 g/mol. The summed E-state index contributed by atoms with van der Waals surface area (Å²) in [5, 5.41) is 0. The predicted molar refractivity (Wildman–Crippen MR) is 75.4 cm³/mol. The summed E-state index contributed by atoms with van der Waals surface area (Å²) in [6, 6.07) is 0.406. The van der Waals surface area contributed by atoms with Crippen molar-refractivity contribution < 1.29 is 4.74 Å². The Bertz CT molecular complexity index is 192. The lowest BCUT2D eigenvalue weighted by atomic mass is 10.1. The van der Waals surface area contributed by atoms with Crippen LogP contribution in [0, 0.1) is 0 Å². The summed E-state index contributed by atoms with van der Waals surface area (Å²) in [7, 11) is 0. The van der Waals surface area contributed by atoms with Gasteiger partial charge in [0.25, 0.3) is 0 Å². The molecule has 2 rings (SSSR count). The van der Waals surface area contributed by atoms with Gasteiger partial charge in [0.1, 0.15) is 0 Å². The fourth-order valence-electron chi connectivity index (χ4n) is 2.40. The summed E-state index contributed by atoms with van der Waals surface area (Å²) in [4.78, 5) is 4.99. The summed E-state index contributed by atoms with van der Waals surface area (Å²) < 4.78 is 5.33. The topological polar surface area (TPSA) is 41.7 Å². The van der Waals surface area contributed by atoms with Crippen LogP contribution in [0.25, 0.3) is 0 Å².